The monoisotopic (exact) mass is 333 g/mol. The minimum Gasteiger partial charge on any atom is -0.389 e. The minimum atomic E-state index is -0.137. The molecule has 114 valence electrons. The topological polar surface area (TPSA) is 59.2 Å². The first-order chi connectivity index (χ1) is 10.4. The SMILES string of the molecule is CCN(C(=O)c1ccc(Cl)cc1)c1cc(C)ncc1C(N)=S. The van der Waals surface area contributed by atoms with E-state index < -0.39 is 0 Å². The zero-order valence-corrected chi connectivity index (χ0v) is 13.9. The van der Waals surface area contributed by atoms with Gasteiger partial charge >= 0.3 is 0 Å². The average Bonchev–Trinajstić information content (AvgIpc) is 2.48. The fraction of sp³-hybridized carbons (Fsp3) is 0.188. The Bertz CT molecular complexity index is 716. The zero-order valence-electron chi connectivity index (χ0n) is 12.3. The van der Waals surface area contributed by atoms with Gasteiger partial charge in [0.2, 0.25) is 0 Å². The third-order valence-electron chi connectivity index (χ3n) is 3.23. The number of halogens is 1. The number of nitrogens with two attached hydrogens (primary N) is 1. The summed E-state index contributed by atoms with van der Waals surface area (Å²) in [5.74, 6) is -0.137. The van der Waals surface area contributed by atoms with Crippen LogP contribution in [0.3, 0.4) is 0 Å². The van der Waals surface area contributed by atoms with Gasteiger partial charge in [-0.1, -0.05) is 23.8 Å². The Morgan fingerprint density at radius 1 is 1.36 bits per heavy atom. The van der Waals surface area contributed by atoms with Crippen LogP contribution in [0, 0.1) is 6.92 Å². The Morgan fingerprint density at radius 2 is 2.00 bits per heavy atom. The molecule has 0 aliphatic rings. The molecule has 0 saturated heterocycles. The highest BCUT2D eigenvalue weighted by atomic mass is 35.5. The average molecular weight is 334 g/mol. The van der Waals surface area contributed by atoms with Crippen molar-refractivity contribution in [2.75, 3.05) is 11.4 Å². The van der Waals surface area contributed by atoms with E-state index in [1.54, 1.807) is 35.4 Å². The minimum absolute atomic E-state index is 0.137. The van der Waals surface area contributed by atoms with Gasteiger partial charge in [-0.25, -0.2) is 0 Å². The summed E-state index contributed by atoms with van der Waals surface area (Å²) in [5, 5.41) is 0.586. The molecule has 0 unspecified atom stereocenters. The van der Waals surface area contributed by atoms with E-state index in [0.717, 1.165) is 5.69 Å². The molecule has 2 rings (SSSR count). The van der Waals surface area contributed by atoms with Crippen molar-refractivity contribution in [2.45, 2.75) is 13.8 Å². The molecule has 6 heteroatoms. The smallest absolute Gasteiger partial charge is 0.258 e. The first kappa shape index (κ1) is 16.4. The Kier molecular flexibility index (Phi) is 5.11. The second-order valence-corrected chi connectivity index (χ2v) is 5.64. The van der Waals surface area contributed by atoms with Gasteiger partial charge in [0, 0.05) is 29.0 Å². The van der Waals surface area contributed by atoms with Gasteiger partial charge in [-0.2, -0.15) is 0 Å². The Labute approximate surface area is 139 Å². The van der Waals surface area contributed by atoms with Crippen molar-refractivity contribution in [3.05, 3.63) is 58.4 Å². The summed E-state index contributed by atoms with van der Waals surface area (Å²) in [6.07, 6.45) is 1.60. The van der Waals surface area contributed by atoms with Crippen LogP contribution in [0.25, 0.3) is 0 Å². The van der Waals surface area contributed by atoms with Crippen LogP contribution >= 0.6 is 23.8 Å². The van der Waals surface area contributed by atoms with E-state index in [2.05, 4.69) is 4.98 Å². The number of pyridine rings is 1. The molecule has 4 nitrogen and oxygen atoms in total. The molecular weight excluding hydrogens is 318 g/mol. The summed E-state index contributed by atoms with van der Waals surface area (Å²) in [7, 11) is 0. The fourth-order valence-corrected chi connectivity index (χ4v) is 2.41. The molecule has 2 aromatic rings. The maximum Gasteiger partial charge on any atom is 0.258 e. The van der Waals surface area contributed by atoms with E-state index in [4.69, 9.17) is 29.6 Å². The van der Waals surface area contributed by atoms with Gasteiger partial charge in [0.05, 0.1) is 11.3 Å². The molecule has 1 amide bonds. The number of thiocarbonyl (C=S) groups is 1. The molecule has 22 heavy (non-hydrogen) atoms. The van der Waals surface area contributed by atoms with E-state index in [9.17, 15) is 4.79 Å². The van der Waals surface area contributed by atoms with Crippen LogP contribution in [0.15, 0.2) is 36.5 Å². The number of aromatic nitrogens is 1. The summed E-state index contributed by atoms with van der Waals surface area (Å²) < 4.78 is 0. The van der Waals surface area contributed by atoms with Crippen LogP contribution in [-0.4, -0.2) is 22.4 Å². The first-order valence-corrected chi connectivity index (χ1v) is 7.56. The van der Waals surface area contributed by atoms with E-state index >= 15 is 0 Å². The predicted molar refractivity (Wildman–Crippen MR) is 93.7 cm³/mol. The predicted octanol–water partition coefficient (Wildman–Crippen LogP) is 3.34. The van der Waals surface area contributed by atoms with Gasteiger partial charge in [0.25, 0.3) is 5.91 Å². The van der Waals surface area contributed by atoms with Crippen molar-refractivity contribution >= 4 is 40.4 Å². The van der Waals surface area contributed by atoms with Crippen molar-refractivity contribution < 1.29 is 4.79 Å². The van der Waals surface area contributed by atoms with Crippen molar-refractivity contribution in [1.29, 1.82) is 0 Å². The lowest BCUT2D eigenvalue weighted by Crippen LogP contribution is -2.32. The molecule has 0 aliphatic heterocycles. The molecule has 1 aromatic heterocycles. The van der Waals surface area contributed by atoms with Gasteiger partial charge in [0.1, 0.15) is 4.99 Å². The molecule has 0 fully saturated rings. The number of aryl methyl sites for hydroxylation is 1. The van der Waals surface area contributed by atoms with Crippen LogP contribution in [0.5, 0.6) is 0 Å². The van der Waals surface area contributed by atoms with Gasteiger partial charge in [-0.3, -0.25) is 9.78 Å². The van der Waals surface area contributed by atoms with Crippen LogP contribution in [0.1, 0.15) is 28.5 Å². The normalized spacial score (nSPS) is 10.3. The standard InChI is InChI=1S/C16H16ClN3OS/c1-3-20(16(21)11-4-6-12(17)7-5-11)14-8-10(2)19-9-13(14)15(18)22/h4-9H,3H2,1-2H3,(H2,18,22). The lowest BCUT2D eigenvalue weighted by molar-refractivity contribution is 0.0988. The Morgan fingerprint density at radius 3 is 2.55 bits per heavy atom. The number of amides is 1. The van der Waals surface area contributed by atoms with Gasteiger partial charge in [-0.05, 0) is 44.2 Å². The molecule has 1 heterocycles. The highest BCUT2D eigenvalue weighted by Crippen LogP contribution is 2.23. The zero-order chi connectivity index (χ0) is 16.3. The summed E-state index contributed by atoms with van der Waals surface area (Å²) >= 11 is 10.9. The summed E-state index contributed by atoms with van der Waals surface area (Å²) in [5.41, 5.74) is 8.35. The first-order valence-electron chi connectivity index (χ1n) is 6.78. The Balaban J connectivity index is 2.48. The van der Waals surface area contributed by atoms with Crippen LogP contribution < -0.4 is 10.6 Å². The largest absolute Gasteiger partial charge is 0.389 e. The van der Waals surface area contributed by atoms with Crippen LogP contribution in [0.2, 0.25) is 5.02 Å². The van der Waals surface area contributed by atoms with E-state index in [0.29, 0.717) is 28.4 Å². The maximum atomic E-state index is 12.8. The molecule has 0 bridgehead atoms. The van der Waals surface area contributed by atoms with Gasteiger partial charge < -0.3 is 10.6 Å². The molecular formula is C16H16ClN3OS. The third-order valence-corrected chi connectivity index (χ3v) is 3.70. The number of benzene rings is 1. The molecule has 0 radical (unpaired) electrons. The fourth-order valence-electron chi connectivity index (χ4n) is 2.13. The number of carbonyl (C=O) groups excluding carboxylic acids is 1. The lowest BCUT2D eigenvalue weighted by Gasteiger charge is -2.24. The number of hydrogen-bond donors (Lipinski definition) is 1. The number of nitrogens with zero attached hydrogens (tertiary/aromatic N) is 2. The Hall–Kier alpha value is -1.98. The van der Waals surface area contributed by atoms with E-state index in [-0.39, 0.29) is 10.9 Å². The van der Waals surface area contributed by atoms with Crippen LogP contribution in [0.4, 0.5) is 5.69 Å². The van der Waals surface area contributed by atoms with E-state index in [1.165, 1.54) is 0 Å². The highest BCUT2D eigenvalue weighted by Gasteiger charge is 2.20. The number of anilines is 1. The molecule has 2 N–H and O–H groups in total. The molecule has 1 aromatic carbocycles. The third kappa shape index (κ3) is 3.43. The van der Waals surface area contributed by atoms with Crippen molar-refractivity contribution in [3.63, 3.8) is 0 Å². The lowest BCUT2D eigenvalue weighted by atomic mass is 10.1. The molecule has 0 atom stereocenters. The van der Waals surface area contributed by atoms with Gasteiger partial charge in [0.15, 0.2) is 0 Å². The summed E-state index contributed by atoms with van der Waals surface area (Å²) in [4.78, 5) is 18.8. The number of hydrogen-bond acceptors (Lipinski definition) is 3. The van der Waals surface area contributed by atoms with Crippen molar-refractivity contribution in [1.82, 2.24) is 4.98 Å². The maximum absolute atomic E-state index is 12.8. The molecule has 0 spiro atoms. The van der Waals surface area contributed by atoms with E-state index in [1.807, 2.05) is 19.9 Å². The van der Waals surface area contributed by atoms with Crippen molar-refractivity contribution in [2.24, 2.45) is 5.73 Å². The summed E-state index contributed by atoms with van der Waals surface area (Å²) in [6.45, 7) is 4.24. The second-order valence-electron chi connectivity index (χ2n) is 4.76. The van der Waals surface area contributed by atoms with Crippen LogP contribution in [-0.2, 0) is 0 Å². The van der Waals surface area contributed by atoms with Crippen molar-refractivity contribution in [3.8, 4) is 0 Å². The number of carbonyl (C=O) groups is 1. The highest BCUT2D eigenvalue weighted by molar-refractivity contribution is 7.80. The van der Waals surface area contributed by atoms with Gasteiger partial charge in [-0.15, -0.1) is 0 Å². The second kappa shape index (κ2) is 6.85. The quantitative estimate of drug-likeness (QED) is 0.872. The molecule has 0 saturated carbocycles. The molecule has 0 aliphatic carbocycles. The summed E-state index contributed by atoms with van der Waals surface area (Å²) in [6, 6.07) is 8.58. The number of rotatable bonds is 4.